The maximum atomic E-state index is 13.6. The van der Waals surface area contributed by atoms with Gasteiger partial charge in [-0.25, -0.2) is 13.2 Å². The first-order chi connectivity index (χ1) is 50.4. The fraction of sp³-hybridized carbons (Fsp3) is 0.567. The average Bonchev–Trinajstić information content (AvgIpc) is 0.905. The first kappa shape index (κ1) is 99.7. The molecule has 0 aliphatic rings. The van der Waals surface area contributed by atoms with Gasteiger partial charge in [-0.2, -0.15) is 0 Å². The molecule has 0 saturated carbocycles. The quantitative estimate of drug-likeness (QED) is 0.0388. The van der Waals surface area contributed by atoms with Gasteiger partial charge < -0.3 is 0 Å². The molecule has 0 saturated heterocycles. The van der Waals surface area contributed by atoms with Gasteiger partial charge in [0.25, 0.3) is 0 Å². The van der Waals surface area contributed by atoms with Crippen LogP contribution in [0.15, 0.2) is 146 Å². The van der Waals surface area contributed by atoms with E-state index in [2.05, 4.69) is 114 Å². The summed E-state index contributed by atoms with van der Waals surface area (Å²) in [5.41, 5.74) is 7.39. The summed E-state index contributed by atoms with van der Waals surface area (Å²) in [7, 11) is 0. The van der Waals surface area contributed by atoms with Crippen LogP contribution < -0.4 is 0 Å². The molecule has 108 heavy (non-hydrogen) atoms. The number of halogens is 5. The van der Waals surface area contributed by atoms with E-state index in [9.17, 15) is 41.9 Å². The van der Waals surface area contributed by atoms with Crippen molar-refractivity contribution in [1.82, 2.24) is 0 Å². The van der Waals surface area contributed by atoms with Gasteiger partial charge in [0.1, 0.15) is 52.2 Å². The summed E-state index contributed by atoms with van der Waals surface area (Å²) in [4.78, 5) is 73.3. The van der Waals surface area contributed by atoms with Gasteiger partial charge in [-0.15, -0.1) is 0 Å². The topological polar surface area (TPSA) is 102 Å². The normalized spacial score (nSPS) is 13.1. The third-order valence-corrected chi connectivity index (χ3v) is 19.6. The number of rotatable bonds is 36. The van der Waals surface area contributed by atoms with Gasteiger partial charge in [-0.05, 0) is 201 Å². The molecule has 0 aromatic heterocycles. The van der Waals surface area contributed by atoms with E-state index >= 15 is 0 Å². The van der Waals surface area contributed by atoms with Crippen molar-refractivity contribution in [2.75, 3.05) is 0 Å². The molecule has 6 nitrogen and oxygen atoms in total. The molecule has 0 N–H and O–H groups in total. The van der Waals surface area contributed by atoms with E-state index in [1.54, 1.807) is 30.3 Å². The zero-order valence-electron chi connectivity index (χ0n) is 71.1. The SMILES string of the molecule is CC(C)CC(Cc1ccc(F)cc1)C(=O)C(C)C.CC(C)CC(Cc1cccc(Cl)c1)C(=O)C(C)C.CC(C)CC(Cc1cccc(F)c1)C(=O)C(C)C.CC(C)CC(Cc1ccccc1Cl)C(=O)C(C)C.CC(C)CC(Cc1ccccc1F)C(=O)C(C)C.Cc1ccc(CC(CC(C)C)C(=O)C(C)C)cc1. The molecule has 0 fully saturated rings. The molecular formula is C97H141Cl2F3O6. The van der Waals surface area contributed by atoms with E-state index in [0.717, 1.165) is 96.5 Å². The van der Waals surface area contributed by atoms with Crippen LogP contribution in [0.3, 0.4) is 0 Å². The summed E-state index contributed by atoms with van der Waals surface area (Å²) in [6, 6.07) is 44.0. The van der Waals surface area contributed by atoms with Crippen LogP contribution in [0.1, 0.15) is 244 Å². The zero-order chi connectivity index (χ0) is 82.2. The predicted molar refractivity (Wildman–Crippen MR) is 452 cm³/mol. The number of Topliss-reactive ketones (excluding diaryl/α,β-unsaturated/α-hetero) is 6. The Labute approximate surface area is 664 Å². The lowest BCUT2D eigenvalue weighted by Gasteiger charge is -2.20. The van der Waals surface area contributed by atoms with Gasteiger partial charge in [-0.3, -0.25) is 28.8 Å². The lowest BCUT2D eigenvalue weighted by atomic mass is 9.84. The molecule has 0 bridgehead atoms. The van der Waals surface area contributed by atoms with E-state index < -0.39 is 0 Å². The molecule has 0 aliphatic carbocycles. The summed E-state index contributed by atoms with van der Waals surface area (Å²) in [5.74, 6) is 5.19. The largest absolute Gasteiger partial charge is 0.299 e. The number of benzene rings is 6. The Hall–Kier alpha value is -6.29. The standard InChI is InChI=1S/C17H26O.2C16H23ClO.3C16H23FO/c1-12(2)10-16(17(18)13(3)4)11-15-8-6-14(5)7-9-15;1-11(2)8-14(16(18)12(3)4)9-13-6-5-7-15(17)10-13;1-11(2)9-14(16(18)12(3)4)10-13-7-5-6-8-15(13)17;1-11(2)9-14(16(18)12(3)4)10-13-5-7-15(17)8-6-13;1-11(2)8-14(16(18)12(3)4)9-13-6-5-7-15(17)10-13;1-11(2)9-14(16(18)12(3)4)10-13-7-5-6-8-15(13)17/h6-9,12-13,16H,10-11H2,1-5H3;5-7,10-12,14H,8-9H2,1-4H3;2*5-8,11-12,14H,9-10H2,1-4H3;5-7,10-12,14H,8-9H2,1-4H3;5-8,11-12,14H,9-10H2,1-4H3. The van der Waals surface area contributed by atoms with Crippen LogP contribution in [0.25, 0.3) is 0 Å². The van der Waals surface area contributed by atoms with Crippen LogP contribution in [-0.4, -0.2) is 34.7 Å². The Morgan fingerprint density at radius 2 is 0.556 bits per heavy atom. The van der Waals surface area contributed by atoms with E-state index in [0.29, 0.717) is 77.0 Å². The van der Waals surface area contributed by atoms with Gasteiger partial charge in [0, 0.05) is 81.1 Å². The number of carbonyl (C=O) groups is 6. The molecule has 6 aromatic rings. The van der Waals surface area contributed by atoms with E-state index in [1.165, 1.54) is 41.5 Å². The highest BCUT2D eigenvalue weighted by atomic mass is 35.5. The molecule has 0 aliphatic heterocycles. The molecule has 0 spiro atoms. The van der Waals surface area contributed by atoms with Gasteiger partial charge in [0.15, 0.2) is 0 Å². The van der Waals surface area contributed by atoms with Crippen molar-refractivity contribution >= 4 is 57.9 Å². The third-order valence-electron chi connectivity index (χ3n) is 19.0. The minimum Gasteiger partial charge on any atom is -0.299 e. The summed E-state index contributed by atoms with van der Waals surface area (Å²) in [6.07, 6.45) is 9.79. The van der Waals surface area contributed by atoms with Crippen molar-refractivity contribution in [3.8, 4) is 0 Å². The summed E-state index contributed by atoms with van der Waals surface area (Å²) < 4.78 is 39.6. The molecule has 6 aromatic carbocycles. The van der Waals surface area contributed by atoms with Crippen LogP contribution in [-0.2, 0) is 67.3 Å². The zero-order valence-corrected chi connectivity index (χ0v) is 72.6. The second-order valence-electron chi connectivity index (χ2n) is 34.6. The van der Waals surface area contributed by atoms with Crippen LogP contribution >= 0.6 is 23.2 Å². The van der Waals surface area contributed by atoms with Gasteiger partial charge in [0.05, 0.1) is 0 Å². The smallest absolute Gasteiger partial charge is 0.138 e. The van der Waals surface area contributed by atoms with E-state index in [4.69, 9.17) is 23.2 Å². The molecule has 6 rings (SSSR count). The van der Waals surface area contributed by atoms with Crippen LogP contribution in [0.2, 0.25) is 10.0 Å². The lowest BCUT2D eigenvalue weighted by molar-refractivity contribution is -0.127. The molecule has 6 atom stereocenters. The molecular weight excluding hydrogens is 1390 g/mol. The van der Waals surface area contributed by atoms with Crippen molar-refractivity contribution in [1.29, 1.82) is 0 Å². The Bertz CT molecular complexity index is 3310. The highest BCUT2D eigenvalue weighted by molar-refractivity contribution is 6.31. The Morgan fingerprint density at radius 3 is 0.861 bits per heavy atom. The number of aryl methyl sites for hydroxylation is 1. The number of carbonyl (C=O) groups excluding carboxylic acids is 6. The molecule has 0 heterocycles. The molecule has 600 valence electrons. The fourth-order valence-corrected chi connectivity index (χ4v) is 14.1. The first-order valence-corrected chi connectivity index (χ1v) is 41.2. The van der Waals surface area contributed by atoms with Crippen LogP contribution in [0.5, 0.6) is 0 Å². The molecule has 11 heteroatoms. The maximum absolute atomic E-state index is 13.6. The lowest BCUT2D eigenvalue weighted by Crippen LogP contribution is -2.24. The van der Waals surface area contributed by atoms with Crippen molar-refractivity contribution in [3.63, 3.8) is 0 Å². The second-order valence-corrected chi connectivity index (χ2v) is 35.4. The van der Waals surface area contributed by atoms with Gasteiger partial charge in [-0.1, -0.05) is 292 Å². The Kier molecular flexibility index (Phi) is 48.8. The van der Waals surface area contributed by atoms with Crippen LogP contribution in [0.4, 0.5) is 13.2 Å². The monoisotopic (exact) mass is 1530 g/mol. The minimum absolute atomic E-state index is 0.00630. The maximum Gasteiger partial charge on any atom is 0.138 e. The van der Waals surface area contributed by atoms with Crippen molar-refractivity contribution in [3.05, 3.63) is 212 Å². The second kappa shape index (κ2) is 52.8. The van der Waals surface area contributed by atoms with Gasteiger partial charge in [0.2, 0.25) is 0 Å². The number of ketones is 6. The van der Waals surface area contributed by atoms with Crippen LogP contribution in [0, 0.1) is 131 Å². The predicted octanol–water partition coefficient (Wildman–Crippen LogP) is 26.7. The highest BCUT2D eigenvalue weighted by Crippen LogP contribution is 2.30. The summed E-state index contributed by atoms with van der Waals surface area (Å²) in [6.45, 7) is 51.3. The minimum atomic E-state index is -0.229. The number of hydrogen-bond donors (Lipinski definition) is 0. The highest BCUT2D eigenvalue weighted by Gasteiger charge is 2.29. The number of hydrogen-bond acceptors (Lipinski definition) is 6. The Balaban J connectivity index is 0.000000648. The van der Waals surface area contributed by atoms with E-state index in [-0.39, 0.29) is 100 Å². The fourth-order valence-electron chi connectivity index (χ4n) is 13.7. The van der Waals surface area contributed by atoms with Crippen molar-refractivity contribution < 1.29 is 41.9 Å². The first-order valence-electron chi connectivity index (χ1n) is 40.4. The molecule has 6 unspecified atom stereocenters. The Morgan fingerprint density at radius 1 is 0.278 bits per heavy atom. The van der Waals surface area contributed by atoms with E-state index in [1.807, 2.05) is 144 Å². The molecule has 0 radical (unpaired) electrons. The summed E-state index contributed by atoms with van der Waals surface area (Å²) in [5, 5.41) is 1.51. The van der Waals surface area contributed by atoms with Gasteiger partial charge >= 0.3 is 0 Å². The summed E-state index contributed by atoms with van der Waals surface area (Å²) >= 11 is 12.2. The third kappa shape index (κ3) is 42.2. The van der Waals surface area contributed by atoms with Crippen molar-refractivity contribution in [2.45, 2.75) is 250 Å². The molecule has 0 amide bonds. The van der Waals surface area contributed by atoms with Crippen molar-refractivity contribution in [2.24, 2.45) is 107 Å². The average molecular weight is 1530 g/mol.